The number of ether oxygens (including phenoxy) is 1. The third-order valence-electron chi connectivity index (χ3n) is 3.86. The van der Waals surface area contributed by atoms with Gasteiger partial charge in [-0.2, -0.15) is 0 Å². The predicted molar refractivity (Wildman–Crippen MR) is 81.8 cm³/mol. The van der Waals surface area contributed by atoms with Gasteiger partial charge in [-0.25, -0.2) is 0 Å². The molecular formula is C17H28O2. The summed E-state index contributed by atoms with van der Waals surface area (Å²) in [4.78, 5) is 9.82. The molecule has 1 aromatic rings. The van der Waals surface area contributed by atoms with Gasteiger partial charge in [0.2, 0.25) is 0 Å². The summed E-state index contributed by atoms with van der Waals surface area (Å²) in [5.74, 6) is -0.211. The van der Waals surface area contributed by atoms with Crippen molar-refractivity contribution < 1.29 is 9.53 Å². The van der Waals surface area contributed by atoms with Crippen LogP contribution >= 0.6 is 0 Å². The van der Waals surface area contributed by atoms with E-state index in [0.717, 1.165) is 6.42 Å². The lowest BCUT2D eigenvalue weighted by Crippen LogP contribution is -2.01. The van der Waals surface area contributed by atoms with Crippen LogP contribution < -0.4 is 0 Å². The van der Waals surface area contributed by atoms with Gasteiger partial charge in [0.25, 0.3) is 0 Å². The summed E-state index contributed by atoms with van der Waals surface area (Å²) < 4.78 is 4.40. The van der Waals surface area contributed by atoms with Crippen LogP contribution in [-0.4, -0.2) is 12.6 Å². The first kappa shape index (κ1) is 17.7. The van der Waals surface area contributed by atoms with Gasteiger partial charge in [0.1, 0.15) is 0 Å². The van der Waals surface area contributed by atoms with Crippen LogP contribution in [0.3, 0.4) is 0 Å². The van der Waals surface area contributed by atoms with Crippen molar-refractivity contribution in [2.75, 3.05) is 6.61 Å². The standard InChI is InChI=1S/C13H20.C4H8O2/c1-7-13-11(5)9(3)8(2)10(4)12(13)6;1-3-6-4(2)5/h7H2,1-6H3;3H2,1-2H3. The Kier molecular flexibility index (Phi) is 7.43. The second-order valence-electron chi connectivity index (χ2n) is 4.88. The molecule has 0 atom stereocenters. The maximum Gasteiger partial charge on any atom is 0.302 e. The van der Waals surface area contributed by atoms with Gasteiger partial charge < -0.3 is 4.74 Å². The van der Waals surface area contributed by atoms with E-state index in [4.69, 9.17) is 0 Å². The van der Waals surface area contributed by atoms with E-state index < -0.39 is 0 Å². The molecule has 0 heterocycles. The normalized spacial score (nSPS) is 9.68. The highest BCUT2D eigenvalue weighted by atomic mass is 16.5. The lowest BCUT2D eigenvalue weighted by atomic mass is 9.89. The minimum absolute atomic E-state index is 0.211. The van der Waals surface area contributed by atoms with Crippen LogP contribution in [0.15, 0.2) is 0 Å². The zero-order valence-electron chi connectivity index (χ0n) is 13.7. The molecule has 0 radical (unpaired) electrons. The van der Waals surface area contributed by atoms with Crippen molar-refractivity contribution in [1.82, 2.24) is 0 Å². The molecule has 0 aliphatic heterocycles. The Labute approximate surface area is 118 Å². The number of benzene rings is 1. The Morgan fingerprint density at radius 1 is 0.842 bits per heavy atom. The first-order valence-electron chi connectivity index (χ1n) is 6.96. The molecule has 0 saturated carbocycles. The van der Waals surface area contributed by atoms with Crippen LogP contribution in [0, 0.1) is 34.6 Å². The molecule has 0 spiro atoms. The summed E-state index contributed by atoms with van der Waals surface area (Å²) in [6.07, 6.45) is 1.15. The van der Waals surface area contributed by atoms with E-state index >= 15 is 0 Å². The highest BCUT2D eigenvalue weighted by Crippen LogP contribution is 2.25. The highest BCUT2D eigenvalue weighted by molar-refractivity contribution is 5.65. The summed E-state index contributed by atoms with van der Waals surface area (Å²) >= 11 is 0. The Hall–Kier alpha value is -1.31. The molecule has 0 aliphatic carbocycles. The maximum atomic E-state index is 9.82. The fourth-order valence-electron chi connectivity index (χ4n) is 2.31. The van der Waals surface area contributed by atoms with Crippen LogP contribution in [0.25, 0.3) is 0 Å². The fourth-order valence-corrected chi connectivity index (χ4v) is 2.31. The topological polar surface area (TPSA) is 26.3 Å². The Balaban J connectivity index is 0.000000459. The summed E-state index contributed by atoms with van der Waals surface area (Å²) in [6, 6.07) is 0. The van der Waals surface area contributed by atoms with Gasteiger partial charge in [0.05, 0.1) is 6.61 Å². The molecule has 0 bridgehead atoms. The average molecular weight is 264 g/mol. The lowest BCUT2D eigenvalue weighted by Gasteiger charge is -2.17. The number of hydrogen-bond acceptors (Lipinski definition) is 2. The van der Waals surface area contributed by atoms with E-state index in [2.05, 4.69) is 46.3 Å². The number of carbonyl (C=O) groups excluding carboxylic acids is 1. The number of carbonyl (C=O) groups is 1. The summed E-state index contributed by atoms with van der Waals surface area (Å²) in [6.45, 7) is 17.1. The van der Waals surface area contributed by atoms with Crippen molar-refractivity contribution in [3.8, 4) is 0 Å². The summed E-state index contributed by atoms with van der Waals surface area (Å²) in [5, 5.41) is 0. The first-order chi connectivity index (χ1) is 8.77. The lowest BCUT2D eigenvalue weighted by molar-refractivity contribution is -0.140. The number of esters is 1. The maximum absolute atomic E-state index is 9.82. The van der Waals surface area contributed by atoms with Crippen molar-refractivity contribution in [3.63, 3.8) is 0 Å². The Morgan fingerprint density at radius 3 is 1.42 bits per heavy atom. The molecule has 0 amide bonds. The molecule has 2 nitrogen and oxygen atoms in total. The molecule has 0 aromatic heterocycles. The quantitative estimate of drug-likeness (QED) is 0.742. The smallest absolute Gasteiger partial charge is 0.302 e. The van der Waals surface area contributed by atoms with Gasteiger partial charge >= 0.3 is 5.97 Å². The van der Waals surface area contributed by atoms with E-state index in [1.165, 1.54) is 34.7 Å². The molecule has 108 valence electrons. The molecule has 1 aromatic carbocycles. The monoisotopic (exact) mass is 264 g/mol. The summed E-state index contributed by atoms with van der Waals surface area (Å²) in [5.41, 5.74) is 8.93. The van der Waals surface area contributed by atoms with Crippen LogP contribution in [0.2, 0.25) is 0 Å². The van der Waals surface area contributed by atoms with E-state index in [-0.39, 0.29) is 5.97 Å². The van der Waals surface area contributed by atoms with Gasteiger partial charge in [0.15, 0.2) is 0 Å². The van der Waals surface area contributed by atoms with E-state index in [1.807, 2.05) is 0 Å². The number of rotatable bonds is 2. The second-order valence-corrected chi connectivity index (χ2v) is 4.88. The largest absolute Gasteiger partial charge is 0.466 e. The van der Waals surface area contributed by atoms with Crippen molar-refractivity contribution in [2.45, 2.75) is 61.8 Å². The van der Waals surface area contributed by atoms with E-state index in [0.29, 0.717) is 6.61 Å². The van der Waals surface area contributed by atoms with Crippen LogP contribution in [0.1, 0.15) is 54.2 Å². The Morgan fingerprint density at radius 2 is 1.21 bits per heavy atom. The molecule has 2 heteroatoms. The van der Waals surface area contributed by atoms with E-state index in [1.54, 1.807) is 12.5 Å². The van der Waals surface area contributed by atoms with Gasteiger partial charge in [-0.05, 0) is 81.3 Å². The molecule has 0 fully saturated rings. The van der Waals surface area contributed by atoms with Gasteiger partial charge in [-0.15, -0.1) is 0 Å². The van der Waals surface area contributed by atoms with Crippen molar-refractivity contribution in [1.29, 1.82) is 0 Å². The molecule has 1 rings (SSSR count). The minimum Gasteiger partial charge on any atom is -0.466 e. The Bertz CT molecular complexity index is 416. The molecule has 0 saturated heterocycles. The SMILES string of the molecule is CCOC(C)=O.CCc1c(C)c(C)c(C)c(C)c1C. The third-order valence-corrected chi connectivity index (χ3v) is 3.86. The van der Waals surface area contributed by atoms with E-state index in [9.17, 15) is 4.79 Å². The second kappa shape index (κ2) is 7.98. The molecule has 0 aliphatic rings. The number of hydrogen-bond donors (Lipinski definition) is 0. The van der Waals surface area contributed by atoms with Gasteiger partial charge in [-0.1, -0.05) is 6.92 Å². The van der Waals surface area contributed by atoms with Crippen molar-refractivity contribution in [2.24, 2.45) is 0 Å². The van der Waals surface area contributed by atoms with Gasteiger partial charge in [0, 0.05) is 6.92 Å². The summed E-state index contributed by atoms with van der Waals surface area (Å²) in [7, 11) is 0. The van der Waals surface area contributed by atoms with Crippen LogP contribution in [-0.2, 0) is 16.0 Å². The molecule has 0 N–H and O–H groups in total. The van der Waals surface area contributed by atoms with Crippen molar-refractivity contribution >= 4 is 5.97 Å². The molecule has 19 heavy (non-hydrogen) atoms. The predicted octanol–water partition coefficient (Wildman–Crippen LogP) is 4.36. The van der Waals surface area contributed by atoms with Crippen LogP contribution in [0.5, 0.6) is 0 Å². The fraction of sp³-hybridized carbons (Fsp3) is 0.588. The van der Waals surface area contributed by atoms with Gasteiger partial charge in [-0.3, -0.25) is 4.79 Å². The zero-order valence-corrected chi connectivity index (χ0v) is 13.7. The average Bonchev–Trinajstić information content (AvgIpc) is 2.35. The molecular weight excluding hydrogens is 236 g/mol. The van der Waals surface area contributed by atoms with Crippen molar-refractivity contribution in [3.05, 3.63) is 33.4 Å². The first-order valence-corrected chi connectivity index (χ1v) is 6.96. The molecule has 0 unspecified atom stereocenters. The third kappa shape index (κ3) is 4.70. The van der Waals surface area contributed by atoms with Crippen LogP contribution in [0.4, 0.5) is 0 Å². The minimum atomic E-state index is -0.211. The zero-order chi connectivity index (χ0) is 15.2. The highest BCUT2D eigenvalue weighted by Gasteiger charge is 2.09.